The lowest BCUT2D eigenvalue weighted by Gasteiger charge is -2.32. The van der Waals surface area contributed by atoms with E-state index < -0.39 is 0 Å². The van der Waals surface area contributed by atoms with Crippen molar-refractivity contribution < 1.29 is 9.59 Å². The normalized spacial score (nSPS) is 20.9. The maximum absolute atomic E-state index is 12.2. The number of hydrogen-bond donors (Lipinski definition) is 0. The van der Waals surface area contributed by atoms with Gasteiger partial charge in [0.1, 0.15) is 0 Å². The van der Waals surface area contributed by atoms with Crippen LogP contribution in [0, 0.1) is 5.92 Å². The van der Waals surface area contributed by atoms with Crippen LogP contribution in [-0.2, 0) is 9.59 Å². The predicted molar refractivity (Wildman–Crippen MR) is 67.5 cm³/mol. The molecule has 1 saturated heterocycles. The van der Waals surface area contributed by atoms with Crippen LogP contribution in [0.4, 0.5) is 0 Å². The molecule has 2 amide bonds. The molecule has 0 N–H and O–H groups in total. The Bertz CT molecular complexity index is 303. The molecule has 4 nitrogen and oxygen atoms in total. The monoisotopic (exact) mass is 240 g/mol. The van der Waals surface area contributed by atoms with E-state index in [0.29, 0.717) is 13.0 Å². The van der Waals surface area contributed by atoms with E-state index >= 15 is 0 Å². The number of likely N-dealkylation sites (tertiary alicyclic amines) is 1. The third-order valence-electron chi connectivity index (χ3n) is 3.36. The highest BCUT2D eigenvalue weighted by atomic mass is 16.2. The fourth-order valence-corrected chi connectivity index (χ4v) is 2.31. The van der Waals surface area contributed by atoms with Crippen molar-refractivity contribution in [1.82, 2.24) is 9.80 Å². The smallest absolute Gasteiger partial charge is 0.227 e. The Morgan fingerprint density at radius 1 is 1.35 bits per heavy atom. The minimum Gasteiger partial charge on any atom is -0.343 e. The van der Waals surface area contributed by atoms with Crippen LogP contribution >= 0.6 is 0 Å². The first-order valence-electron chi connectivity index (χ1n) is 6.40. The van der Waals surface area contributed by atoms with Crippen LogP contribution in [0.25, 0.3) is 0 Å². The Hall–Kier alpha value is -1.06. The average Bonchev–Trinajstić information content (AvgIpc) is 2.61. The summed E-state index contributed by atoms with van der Waals surface area (Å²) in [4.78, 5) is 27.7. The molecule has 4 heteroatoms. The van der Waals surface area contributed by atoms with E-state index in [1.165, 1.54) is 0 Å². The quantitative estimate of drug-likeness (QED) is 0.750. The van der Waals surface area contributed by atoms with Crippen molar-refractivity contribution in [2.45, 2.75) is 46.6 Å². The number of carbonyl (C=O) groups is 2. The molecule has 98 valence electrons. The van der Waals surface area contributed by atoms with Gasteiger partial charge in [-0.2, -0.15) is 0 Å². The van der Waals surface area contributed by atoms with E-state index in [9.17, 15) is 9.59 Å². The Labute approximate surface area is 104 Å². The SMILES string of the molecule is CCN(CC)C(=O)C1CC(=O)N(C(C)(C)C)C1. The second-order valence-corrected chi connectivity index (χ2v) is 5.59. The highest BCUT2D eigenvalue weighted by molar-refractivity contribution is 5.89. The zero-order valence-electron chi connectivity index (χ0n) is 11.6. The van der Waals surface area contributed by atoms with Crippen molar-refractivity contribution >= 4 is 11.8 Å². The summed E-state index contributed by atoms with van der Waals surface area (Å²) in [5.41, 5.74) is -0.185. The van der Waals surface area contributed by atoms with Gasteiger partial charge >= 0.3 is 0 Å². The molecular formula is C13H24N2O2. The van der Waals surface area contributed by atoms with Gasteiger partial charge in [0.2, 0.25) is 11.8 Å². The minimum absolute atomic E-state index is 0.100. The van der Waals surface area contributed by atoms with Crippen LogP contribution < -0.4 is 0 Å². The molecule has 1 aliphatic heterocycles. The zero-order chi connectivity index (χ0) is 13.2. The van der Waals surface area contributed by atoms with Crippen molar-refractivity contribution in [1.29, 1.82) is 0 Å². The molecule has 0 radical (unpaired) electrons. The van der Waals surface area contributed by atoms with E-state index in [2.05, 4.69) is 0 Å². The van der Waals surface area contributed by atoms with Crippen LogP contribution in [0.5, 0.6) is 0 Å². The van der Waals surface area contributed by atoms with Gasteiger partial charge in [0.05, 0.1) is 5.92 Å². The molecule has 1 atom stereocenters. The second-order valence-electron chi connectivity index (χ2n) is 5.59. The van der Waals surface area contributed by atoms with Gasteiger partial charge in [-0.05, 0) is 34.6 Å². The Kier molecular flexibility index (Phi) is 4.17. The molecule has 1 fully saturated rings. The number of rotatable bonds is 3. The van der Waals surface area contributed by atoms with Crippen LogP contribution in [0.15, 0.2) is 0 Å². The molecule has 0 spiro atoms. The summed E-state index contributed by atoms with van der Waals surface area (Å²) in [7, 11) is 0. The zero-order valence-corrected chi connectivity index (χ0v) is 11.6. The van der Waals surface area contributed by atoms with Gasteiger partial charge in [0, 0.05) is 31.6 Å². The molecule has 0 aliphatic carbocycles. The summed E-state index contributed by atoms with van der Waals surface area (Å²) in [6.07, 6.45) is 0.368. The summed E-state index contributed by atoms with van der Waals surface area (Å²) in [5, 5.41) is 0. The molecular weight excluding hydrogens is 216 g/mol. The summed E-state index contributed by atoms with van der Waals surface area (Å²) < 4.78 is 0. The van der Waals surface area contributed by atoms with Gasteiger partial charge in [0.15, 0.2) is 0 Å². The number of carbonyl (C=O) groups excluding carboxylic acids is 2. The highest BCUT2D eigenvalue weighted by Crippen LogP contribution is 2.26. The predicted octanol–water partition coefficient (Wildman–Crippen LogP) is 1.50. The molecule has 1 heterocycles. The van der Waals surface area contributed by atoms with Crippen LogP contribution in [-0.4, -0.2) is 46.8 Å². The van der Waals surface area contributed by atoms with Gasteiger partial charge < -0.3 is 9.80 Å². The van der Waals surface area contributed by atoms with Gasteiger partial charge in [-0.3, -0.25) is 9.59 Å². The lowest BCUT2D eigenvalue weighted by molar-refractivity contribution is -0.135. The first-order chi connectivity index (χ1) is 7.81. The van der Waals surface area contributed by atoms with Crippen LogP contribution in [0.2, 0.25) is 0 Å². The fourth-order valence-electron chi connectivity index (χ4n) is 2.31. The van der Waals surface area contributed by atoms with Crippen LogP contribution in [0.3, 0.4) is 0 Å². The van der Waals surface area contributed by atoms with Crippen molar-refractivity contribution in [3.8, 4) is 0 Å². The Morgan fingerprint density at radius 2 is 1.88 bits per heavy atom. The lowest BCUT2D eigenvalue weighted by atomic mass is 10.1. The molecule has 0 aromatic rings. The van der Waals surface area contributed by atoms with Crippen molar-refractivity contribution in [2.24, 2.45) is 5.92 Å². The molecule has 0 saturated carbocycles. The summed E-state index contributed by atoms with van der Waals surface area (Å²) in [5.74, 6) is 0.0692. The van der Waals surface area contributed by atoms with Gasteiger partial charge in [-0.25, -0.2) is 0 Å². The van der Waals surface area contributed by atoms with E-state index in [0.717, 1.165) is 13.1 Å². The molecule has 0 bridgehead atoms. The maximum Gasteiger partial charge on any atom is 0.227 e. The van der Waals surface area contributed by atoms with Gasteiger partial charge in [-0.1, -0.05) is 0 Å². The fraction of sp³-hybridized carbons (Fsp3) is 0.846. The number of amides is 2. The van der Waals surface area contributed by atoms with Crippen LogP contribution in [0.1, 0.15) is 41.0 Å². The first kappa shape index (κ1) is 14.0. The number of hydrogen-bond acceptors (Lipinski definition) is 2. The largest absolute Gasteiger partial charge is 0.343 e. The molecule has 17 heavy (non-hydrogen) atoms. The summed E-state index contributed by atoms with van der Waals surface area (Å²) in [6, 6.07) is 0. The Balaban J connectivity index is 2.72. The van der Waals surface area contributed by atoms with Gasteiger partial charge in [-0.15, -0.1) is 0 Å². The summed E-state index contributed by atoms with van der Waals surface area (Å²) in [6.45, 7) is 12.0. The standard InChI is InChI=1S/C13H24N2O2/c1-6-14(7-2)12(17)10-8-11(16)15(9-10)13(3,4)5/h10H,6-9H2,1-5H3. The van der Waals surface area contributed by atoms with E-state index in [-0.39, 0.29) is 23.3 Å². The van der Waals surface area contributed by atoms with E-state index in [4.69, 9.17) is 0 Å². The van der Waals surface area contributed by atoms with Crippen molar-refractivity contribution in [3.63, 3.8) is 0 Å². The Morgan fingerprint density at radius 3 is 2.24 bits per heavy atom. The molecule has 1 unspecified atom stereocenters. The highest BCUT2D eigenvalue weighted by Gasteiger charge is 2.40. The molecule has 0 aromatic heterocycles. The maximum atomic E-state index is 12.2. The van der Waals surface area contributed by atoms with Crippen molar-refractivity contribution in [3.05, 3.63) is 0 Å². The van der Waals surface area contributed by atoms with E-state index in [1.807, 2.05) is 44.4 Å². The topological polar surface area (TPSA) is 40.6 Å². The third-order valence-corrected chi connectivity index (χ3v) is 3.36. The third kappa shape index (κ3) is 2.99. The molecule has 1 aliphatic rings. The van der Waals surface area contributed by atoms with Gasteiger partial charge in [0.25, 0.3) is 0 Å². The summed E-state index contributed by atoms with van der Waals surface area (Å²) >= 11 is 0. The number of nitrogens with zero attached hydrogens (tertiary/aromatic N) is 2. The van der Waals surface area contributed by atoms with Crippen molar-refractivity contribution in [2.75, 3.05) is 19.6 Å². The first-order valence-corrected chi connectivity index (χ1v) is 6.40. The average molecular weight is 240 g/mol. The van der Waals surface area contributed by atoms with E-state index in [1.54, 1.807) is 0 Å². The minimum atomic E-state index is -0.185. The molecule has 1 rings (SSSR count). The lowest BCUT2D eigenvalue weighted by Crippen LogP contribution is -2.43. The second kappa shape index (κ2) is 5.07. The molecule has 0 aromatic carbocycles.